The molecule has 0 saturated carbocycles. The van der Waals surface area contributed by atoms with Gasteiger partial charge in [0.1, 0.15) is 18.0 Å². The Balaban J connectivity index is 1.72. The van der Waals surface area contributed by atoms with Crippen LogP contribution in [-0.2, 0) is 0 Å². The number of rotatable bonds is 4. The molecule has 0 aliphatic carbocycles. The van der Waals surface area contributed by atoms with Crippen molar-refractivity contribution >= 4 is 22.5 Å². The van der Waals surface area contributed by atoms with Crippen molar-refractivity contribution in [2.45, 2.75) is 25.9 Å². The molecule has 0 amide bonds. The number of anilines is 2. The summed E-state index contributed by atoms with van der Waals surface area (Å²) in [4.78, 5) is 15.3. The van der Waals surface area contributed by atoms with E-state index in [1.807, 2.05) is 24.4 Å². The normalized spacial score (nSPS) is 17.1. The minimum absolute atomic E-state index is 0.369. The molecule has 1 atom stereocenters. The Morgan fingerprint density at radius 3 is 2.84 bits per heavy atom. The number of nitrogens with two attached hydrogens (primary N) is 1. The lowest BCUT2D eigenvalue weighted by Gasteiger charge is -2.29. The van der Waals surface area contributed by atoms with Crippen LogP contribution in [0.3, 0.4) is 0 Å². The second-order valence-electron chi connectivity index (χ2n) is 6.29. The van der Waals surface area contributed by atoms with Gasteiger partial charge in [-0.1, -0.05) is 6.07 Å². The lowest BCUT2D eigenvalue weighted by Crippen LogP contribution is -2.42. The van der Waals surface area contributed by atoms with E-state index in [-0.39, 0.29) is 0 Å². The number of pyridine rings is 1. The summed E-state index contributed by atoms with van der Waals surface area (Å²) in [6, 6.07) is 10.3. The molecule has 6 nitrogen and oxygen atoms in total. The van der Waals surface area contributed by atoms with Gasteiger partial charge in [-0.2, -0.15) is 0 Å². The maximum Gasteiger partial charge on any atom is 0.134 e. The third-order valence-corrected chi connectivity index (χ3v) is 4.79. The highest BCUT2D eigenvalue weighted by Gasteiger charge is 2.22. The minimum Gasteiger partial charge on any atom is -0.383 e. The van der Waals surface area contributed by atoms with Gasteiger partial charge in [0.05, 0.1) is 11.7 Å². The van der Waals surface area contributed by atoms with Gasteiger partial charge in [-0.05, 0) is 61.7 Å². The number of nitrogens with zero attached hydrogens (tertiary/aromatic N) is 4. The highest BCUT2D eigenvalue weighted by Crippen LogP contribution is 2.28. The van der Waals surface area contributed by atoms with Crippen molar-refractivity contribution in [3.63, 3.8) is 0 Å². The van der Waals surface area contributed by atoms with Gasteiger partial charge in [-0.3, -0.25) is 5.32 Å². The van der Waals surface area contributed by atoms with E-state index in [2.05, 4.69) is 44.2 Å². The third kappa shape index (κ3) is 3.00. The fourth-order valence-electron chi connectivity index (χ4n) is 3.49. The average Bonchev–Trinajstić information content (AvgIpc) is 3.17. The quantitative estimate of drug-likeness (QED) is 0.764. The first-order valence-corrected chi connectivity index (χ1v) is 8.73. The van der Waals surface area contributed by atoms with Gasteiger partial charge in [0.25, 0.3) is 0 Å². The van der Waals surface area contributed by atoms with Gasteiger partial charge in [0, 0.05) is 18.1 Å². The fraction of sp³-hybridized carbons (Fsp3) is 0.316. The summed E-state index contributed by atoms with van der Waals surface area (Å²) in [5, 5.41) is 4.43. The first-order valence-electron chi connectivity index (χ1n) is 8.73. The van der Waals surface area contributed by atoms with E-state index in [9.17, 15) is 0 Å². The number of nitrogens with one attached hydrogen (secondary N) is 1. The Hall–Kier alpha value is -2.73. The van der Waals surface area contributed by atoms with Gasteiger partial charge in [0.15, 0.2) is 0 Å². The Kier molecular flexibility index (Phi) is 4.19. The first kappa shape index (κ1) is 15.8. The van der Waals surface area contributed by atoms with E-state index >= 15 is 0 Å². The molecule has 1 aliphatic rings. The SMILES string of the molecule is CCN(c1cc(-c2ccc3ncnc(N)c3c2)ccn1)C1CCCN1. The zero-order valence-corrected chi connectivity index (χ0v) is 14.3. The minimum atomic E-state index is 0.369. The molecule has 0 spiro atoms. The molecule has 1 saturated heterocycles. The zero-order chi connectivity index (χ0) is 17.2. The molecule has 1 aliphatic heterocycles. The number of nitrogen functional groups attached to an aromatic ring is 1. The predicted octanol–water partition coefficient (Wildman–Crippen LogP) is 2.81. The lowest BCUT2D eigenvalue weighted by molar-refractivity contribution is 0.563. The van der Waals surface area contributed by atoms with Crippen LogP contribution in [0.2, 0.25) is 0 Å². The predicted molar refractivity (Wildman–Crippen MR) is 101 cm³/mol. The average molecular weight is 334 g/mol. The first-order chi connectivity index (χ1) is 12.3. The Morgan fingerprint density at radius 2 is 2.04 bits per heavy atom. The van der Waals surface area contributed by atoms with Gasteiger partial charge in [-0.15, -0.1) is 0 Å². The molecular weight excluding hydrogens is 312 g/mol. The summed E-state index contributed by atoms with van der Waals surface area (Å²) in [5.74, 6) is 1.50. The van der Waals surface area contributed by atoms with Gasteiger partial charge < -0.3 is 10.6 Å². The monoisotopic (exact) mass is 334 g/mol. The highest BCUT2D eigenvalue weighted by molar-refractivity contribution is 5.91. The topological polar surface area (TPSA) is 80.0 Å². The van der Waals surface area contributed by atoms with Crippen molar-refractivity contribution in [3.05, 3.63) is 42.9 Å². The van der Waals surface area contributed by atoms with Crippen LogP contribution in [0.5, 0.6) is 0 Å². The molecule has 3 N–H and O–H groups in total. The molecule has 0 bridgehead atoms. The summed E-state index contributed by atoms with van der Waals surface area (Å²) in [6.07, 6.45) is 6.11. The Labute approximate surface area is 147 Å². The van der Waals surface area contributed by atoms with E-state index in [1.54, 1.807) is 0 Å². The molecule has 6 heteroatoms. The molecule has 1 unspecified atom stereocenters. The number of fused-ring (bicyclic) bond motifs is 1. The molecule has 0 radical (unpaired) electrons. The molecule has 1 fully saturated rings. The largest absolute Gasteiger partial charge is 0.383 e. The van der Waals surface area contributed by atoms with Crippen LogP contribution in [0.4, 0.5) is 11.6 Å². The maximum atomic E-state index is 6.01. The van der Waals surface area contributed by atoms with Crippen molar-refractivity contribution in [3.8, 4) is 11.1 Å². The van der Waals surface area contributed by atoms with Gasteiger partial charge in [0.2, 0.25) is 0 Å². The van der Waals surface area contributed by atoms with Crippen LogP contribution >= 0.6 is 0 Å². The van der Waals surface area contributed by atoms with Crippen molar-refractivity contribution in [1.82, 2.24) is 20.3 Å². The van der Waals surface area contributed by atoms with E-state index in [0.29, 0.717) is 12.0 Å². The second kappa shape index (κ2) is 6.64. The molecule has 3 aromatic rings. The van der Waals surface area contributed by atoms with E-state index in [0.717, 1.165) is 47.4 Å². The van der Waals surface area contributed by atoms with Crippen molar-refractivity contribution < 1.29 is 0 Å². The number of hydrogen-bond acceptors (Lipinski definition) is 6. The summed E-state index contributed by atoms with van der Waals surface area (Å²) >= 11 is 0. The molecule has 3 heterocycles. The van der Waals surface area contributed by atoms with E-state index < -0.39 is 0 Å². The highest BCUT2D eigenvalue weighted by atomic mass is 15.3. The third-order valence-electron chi connectivity index (χ3n) is 4.79. The fourth-order valence-corrected chi connectivity index (χ4v) is 3.49. The van der Waals surface area contributed by atoms with Crippen molar-refractivity contribution in [2.24, 2.45) is 0 Å². The molecule has 128 valence electrons. The van der Waals surface area contributed by atoms with Gasteiger partial charge >= 0.3 is 0 Å². The van der Waals surface area contributed by atoms with Crippen molar-refractivity contribution in [2.75, 3.05) is 23.7 Å². The standard InChI is InChI=1S/C19H22N6/c1-2-25(17-4-3-8-21-17)18-11-14(7-9-22-18)13-5-6-16-15(10-13)19(20)24-12-23-16/h5-7,9-12,17,21H,2-4,8H2,1H3,(H2,20,23,24). The maximum absolute atomic E-state index is 6.01. The Bertz CT molecular complexity index is 888. The van der Waals surface area contributed by atoms with E-state index in [1.165, 1.54) is 12.7 Å². The zero-order valence-electron chi connectivity index (χ0n) is 14.3. The number of aromatic nitrogens is 3. The van der Waals surface area contributed by atoms with Crippen LogP contribution in [0, 0.1) is 0 Å². The molecule has 2 aromatic heterocycles. The summed E-state index contributed by atoms with van der Waals surface area (Å²) in [7, 11) is 0. The van der Waals surface area contributed by atoms with Gasteiger partial charge in [-0.25, -0.2) is 15.0 Å². The molecule has 4 rings (SSSR count). The molecular formula is C19H22N6. The van der Waals surface area contributed by atoms with E-state index in [4.69, 9.17) is 5.73 Å². The van der Waals surface area contributed by atoms with Crippen LogP contribution in [0.1, 0.15) is 19.8 Å². The number of hydrogen-bond donors (Lipinski definition) is 2. The summed E-state index contributed by atoms with van der Waals surface area (Å²) in [5.41, 5.74) is 9.07. The molecule has 25 heavy (non-hydrogen) atoms. The molecule has 1 aromatic carbocycles. The van der Waals surface area contributed by atoms with Crippen LogP contribution in [-0.4, -0.2) is 34.2 Å². The number of benzene rings is 1. The smallest absolute Gasteiger partial charge is 0.134 e. The van der Waals surface area contributed by atoms with Crippen LogP contribution in [0.15, 0.2) is 42.9 Å². The summed E-state index contributed by atoms with van der Waals surface area (Å²) < 4.78 is 0. The van der Waals surface area contributed by atoms with Crippen LogP contribution in [0.25, 0.3) is 22.0 Å². The van der Waals surface area contributed by atoms with Crippen molar-refractivity contribution in [1.29, 1.82) is 0 Å². The summed E-state index contributed by atoms with van der Waals surface area (Å²) in [6.45, 7) is 4.17. The second-order valence-corrected chi connectivity index (χ2v) is 6.29. The lowest BCUT2D eigenvalue weighted by atomic mass is 10.0. The Morgan fingerprint density at radius 1 is 1.16 bits per heavy atom. The van der Waals surface area contributed by atoms with Crippen LogP contribution < -0.4 is 16.0 Å².